The molecule has 1 heterocycles. The van der Waals surface area contributed by atoms with E-state index < -0.39 is 39.9 Å². The summed E-state index contributed by atoms with van der Waals surface area (Å²) in [7, 11) is 0. The predicted molar refractivity (Wildman–Crippen MR) is 129 cm³/mol. The first-order valence-corrected chi connectivity index (χ1v) is 11.5. The molecule has 2 aromatic carbocycles. The Morgan fingerprint density at radius 3 is 2.23 bits per heavy atom. The molecule has 1 aliphatic carbocycles. The van der Waals surface area contributed by atoms with Crippen molar-refractivity contribution in [2.45, 2.75) is 16.4 Å². The van der Waals surface area contributed by atoms with Crippen LogP contribution < -0.4 is 10.6 Å². The molecule has 4 rings (SSSR count). The number of anilines is 2. The highest BCUT2D eigenvalue weighted by molar-refractivity contribution is 6.53. The molecule has 0 radical (unpaired) electrons. The average molecular weight is 587 g/mol. The molecular weight excluding hydrogens is 575 g/mol. The highest BCUT2D eigenvalue weighted by Crippen LogP contribution is 2.65. The molecule has 1 fully saturated rings. The van der Waals surface area contributed by atoms with E-state index in [0.717, 1.165) is 0 Å². The Bertz CT molecular complexity index is 1310. The molecule has 0 saturated heterocycles. The highest BCUT2D eigenvalue weighted by Gasteiger charge is 2.67. The molecular formula is C21H12Cl5F3N4O2. The van der Waals surface area contributed by atoms with E-state index in [1.54, 1.807) is 17.2 Å². The molecule has 2 unspecified atom stereocenters. The predicted octanol–water partition coefficient (Wildman–Crippen LogP) is 7.17. The molecule has 1 saturated carbocycles. The minimum atomic E-state index is -4.66. The third-order valence-electron chi connectivity index (χ3n) is 5.18. The van der Waals surface area contributed by atoms with Gasteiger partial charge in [0.05, 0.1) is 16.5 Å². The SMILES string of the molecule is O=C(Nc1cc(C(F)(F)F)[nH]n1)c1cc(NC(=O)C2C(c3cc(Cl)cc(Cl)c3)C2(Cl)Cl)ccc1Cl. The standard InChI is InChI=1S/C21H12Cl5F3N4O2/c22-9-3-8(4-10(23)5-9)16-17(20(16,25)26)19(35)30-11-1-2-13(24)12(6-11)18(34)31-15-7-14(32-33-15)21(27,28)29/h1-7,16-17H,(H,30,35)(H2,31,32,33,34). The van der Waals surface area contributed by atoms with Gasteiger partial charge in [-0.05, 0) is 42.0 Å². The minimum absolute atomic E-state index is 0.00557. The van der Waals surface area contributed by atoms with Gasteiger partial charge in [0.15, 0.2) is 5.82 Å². The summed E-state index contributed by atoms with van der Waals surface area (Å²) in [5.41, 5.74) is -0.481. The number of aromatic amines is 1. The van der Waals surface area contributed by atoms with Crippen molar-refractivity contribution in [2.75, 3.05) is 10.6 Å². The van der Waals surface area contributed by atoms with Gasteiger partial charge < -0.3 is 10.6 Å². The summed E-state index contributed by atoms with van der Waals surface area (Å²) in [4.78, 5) is 25.5. The van der Waals surface area contributed by atoms with E-state index >= 15 is 0 Å². The number of carbonyl (C=O) groups is 2. The molecule has 14 heteroatoms. The number of hydrogen-bond donors (Lipinski definition) is 3. The number of benzene rings is 2. The Morgan fingerprint density at radius 2 is 1.63 bits per heavy atom. The highest BCUT2D eigenvalue weighted by atomic mass is 35.5. The van der Waals surface area contributed by atoms with Crippen molar-refractivity contribution in [1.82, 2.24) is 10.2 Å². The summed E-state index contributed by atoms with van der Waals surface area (Å²) < 4.78 is 36.8. The van der Waals surface area contributed by atoms with Gasteiger partial charge in [-0.25, -0.2) is 0 Å². The largest absolute Gasteiger partial charge is 0.432 e. The maximum atomic E-state index is 12.9. The van der Waals surface area contributed by atoms with Gasteiger partial charge in [0.2, 0.25) is 5.91 Å². The topological polar surface area (TPSA) is 86.9 Å². The van der Waals surface area contributed by atoms with Crippen LogP contribution in [0.4, 0.5) is 24.7 Å². The van der Waals surface area contributed by atoms with E-state index in [-0.39, 0.29) is 22.1 Å². The Morgan fingerprint density at radius 1 is 0.971 bits per heavy atom. The van der Waals surface area contributed by atoms with Crippen LogP contribution in [-0.4, -0.2) is 26.3 Å². The van der Waals surface area contributed by atoms with E-state index in [2.05, 4.69) is 15.7 Å². The summed E-state index contributed by atoms with van der Waals surface area (Å²) in [6.07, 6.45) is -4.66. The average Bonchev–Trinajstić information content (AvgIpc) is 3.05. The molecule has 6 nitrogen and oxygen atoms in total. The lowest BCUT2D eigenvalue weighted by Gasteiger charge is -2.09. The molecule has 0 aliphatic heterocycles. The lowest BCUT2D eigenvalue weighted by molar-refractivity contribution is -0.141. The summed E-state index contributed by atoms with van der Waals surface area (Å²) in [5, 5.41) is 10.7. The number of alkyl halides is 5. The van der Waals surface area contributed by atoms with Gasteiger partial charge >= 0.3 is 6.18 Å². The molecule has 2 atom stereocenters. The summed E-state index contributed by atoms with van der Waals surface area (Å²) >= 11 is 30.8. The maximum absolute atomic E-state index is 12.9. The number of carbonyl (C=O) groups excluding carboxylic acids is 2. The fourth-order valence-corrected chi connectivity index (χ4v) is 5.11. The first kappa shape index (κ1) is 25.9. The Balaban J connectivity index is 1.49. The number of halogens is 8. The van der Waals surface area contributed by atoms with Gasteiger partial charge in [-0.2, -0.15) is 18.3 Å². The van der Waals surface area contributed by atoms with E-state index in [1.807, 2.05) is 0 Å². The Labute approximate surface area is 221 Å². The van der Waals surface area contributed by atoms with Crippen molar-refractivity contribution in [3.05, 3.63) is 74.4 Å². The maximum Gasteiger partial charge on any atom is 0.432 e. The number of hydrogen-bond acceptors (Lipinski definition) is 3. The van der Waals surface area contributed by atoms with E-state index in [9.17, 15) is 22.8 Å². The molecule has 2 amide bonds. The number of amides is 2. The molecule has 1 aromatic heterocycles. The summed E-state index contributed by atoms with van der Waals surface area (Å²) in [5.74, 6) is -3.17. The normalized spacial score (nSPS) is 18.7. The number of nitrogens with zero attached hydrogens (tertiary/aromatic N) is 1. The quantitative estimate of drug-likeness (QED) is 0.277. The zero-order valence-electron chi connectivity index (χ0n) is 17.0. The van der Waals surface area contributed by atoms with Gasteiger partial charge in [0, 0.05) is 27.7 Å². The third kappa shape index (κ3) is 5.49. The van der Waals surface area contributed by atoms with Crippen LogP contribution >= 0.6 is 58.0 Å². The van der Waals surface area contributed by atoms with Crippen molar-refractivity contribution in [1.29, 1.82) is 0 Å². The second-order valence-corrected chi connectivity index (χ2v) is 10.4. The van der Waals surface area contributed by atoms with Crippen LogP contribution in [-0.2, 0) is 11.0 Å². The molecule has 184 valence electrons. The van der Waals surface area contributed by atoms with Crippen LogP contribution in [0.2, 0.25) is 15.1 Å². The van der Waals surface area contributed by atoms with Crippen LogP contribution in [0.5, 0.6) is 0 Å². The molecule has 35 heavy (non-hydrogen) atoms. The summed E-state index contributed by atoms with van der Waals surface area (Å²) in [6.45, 7) is 0. The van der Waals surface area contributed by atoms with Crippen molar-refractivity contribution in [2.24, 2.45) is 5.92 Å². The first-order valence-electron chi connectivity index (χ1n) is 9.65. The van der Waals surface area contributed by atoms with Crippen LogP contribution in [0.1, 0.15) is 27.5 Å². The van der Waals surface area contributed by atoms with Gasteiger partial charge in [0.1, 0.15) is 10.0 Å². The second kappa shape index (κ2) is 9.37. The van der Waals surface area contributed by atoms with Crippen LogP contribution in [0.3, 0.4) is 0 Å². The van der Waals surface area contributed by atoms with Crippen molar-refractivity contribution in [3.63, 3.8) is 0 Å². The first-order chi connectivity index (χ1) is 16.3. The molecule has 1 aliphatic rings. The minimum Gasteiger partial charge on any atom is -0.326 e. The fourth-order valence-electron chi connectivity index (χ4n) is 3.53. The smallest absolute Gasteiger partial charge is 0.326 e. The van der Waals surface area contributed by atoms with Gasteiger partial charge in [-0.15, -0.1) is 23.2 Å². The van der Waals surface area contributed by atoms with Crippen molar-refractivity contribution >= 4 is 81.3 Å². The lowest BCUT2D eigenvalue weighted by Crippen LogP contribution is -2.18. The number of H-pyrrole nitrogens is 1. The zero-order valence-corrected chi connectivity index (χ0v) is 20.8. The number of aromatic nitrogens is 2. The van der Waals surface area contributed by atoms with Crippen molar-refractivity contribution < 1.29 is 22.8 Å². The number of rotatable bonds is 5. The van der Waals surface area contributed by atoms with E-state index in [4.69, 9.17) is 58.0 Å². The Kier molecular flexibility index (Phi) is 6.93. The van der Waals surface area contributed by atoms with E-state index in [1.165, 1.54) is 24.3 Å². The van der Waals surface area contributed by atoms with Gasteiger partial charge in [-0.3, -0.25) is 14.7 Å². The molecule has 3 N–H and O–H groups in total. The van der Waals surface area contributed by atoms with Crippen LogP contribution in [0, 0.1) is 5.92 Å². The van der Waals surface area contributed by atoms with Gasteiger partial charge in [-0.1, -0.05) is 34.8 Å². The molecule has 0 bridgehead atoms. The summed E-state index contributed by atoms with van der Waals surface area (Å²) in [6, 6.07) is 9.40. The van der Waals surface area contributed by atoms with Crippen LogP contribution in [0.25, 0.3) is 0 Å². The molecule has 0 spiro atoms. The third-order valence-corrected chi connectivity index (χ3v) is 6.89. The van der Waals surface area contributed by atoms with E-state index in [0.29, 0.717) is 21.7 Å². The fraction of sp³-hybridized carbons (Fsp3) is 0.190. The Hall–Kier alpha value is -2.17. The lowest BCUT2D eigenvalue weighted by atomic mass is 10.1. The monoisotopic (exact) mass is 584 g/mol. The van der Waals surface area contributed by atoms with Crippen LogP contribution in [0.15, 0.2) is 42.5 Å². The number of nitrogens with one attached hydrogen (secondary N) is 3. The second-order valence-electron chi connectivity index (χ2n) is 7.64. The van der Waals surface area contributed by atoms with Gasteiger partial charge in [0.25, 0.3) is 5.91 Å². The zero-order chi connectivity index (χ0) is 25.7. The molecule has 3 aromatic rings. The van der Waals surface area contributed by atoms with Crippen molar-refractivity contribution in [3.8, 4) is 0 Å².